The van der Waals surface area contributed by atoms with Gasteiger partial charge in [0.2, 0.25) is 0 Å². The molecule has 0 atom stereocenters. The van der Waals surface area contributed by atoms with Crippen LogP contribution in [0.4, 0.5) is 0 Å². The smallest absolute Gasteiger partial charge is 0.0257 e. The lowest BCUT2D eigenvalue weighted by Crippen LogP contribution is -1.68. The first-order valence-electron chi connectivity index (χ1n) is 6.11. The summed E-state index contributed by atoms with van der Waals surface area (Å²) in [7, 11) is 0. The minimum absolute atomic E-state index is 1.22. The third-order valence-corrected chi connectivity index (χ3v) is 2.29. The molecule has 2 rings (SSSR count). The highest BCUT2D eigenvalue weighted by Crippen LogP contribution is 2.03. The zero-order valence-corrected chi connectivity index (χ0v) is 11.0. The molecule has 0 aliphatic carbocycles. The first-order valence-corrected chi connectivity index (χ1v) is 6.11. The number of rotatable bonds is 3. The van der Waals surface area contributed by atoms with Crippen molar-refractivity contribution in [2.45, 2.75) is 0 Å². The Bertz CT molecular complexity index is 492. The summed E-state index contributed by atoms with van der Waals surface area (Å²) in [6.45, 7) is 6.25. The van der Waals surface area contributed by atoms with Crippen LogP contribution in [0.2, 0.25) is 0 Å². The van der Waals surface area contributed by atoms with Gasteiger partial charge in [-0.25, -0.2) is 0 Å². The normalized spacial score (nSPS) is 9.89. The van der Waals surface area contributed by atoms with Gasteiger partial charge in [0.25, 0.3) is 0 Å². The second kappa shape index (κ2) is 9.47. The summed E-state index contributed by atoms with van der Waals surface area (Å²) >= 11 is 0. The number of hydrogen-bond donors (Lipinski definition) is 0. The van der Waals surface area contributed by atoms with E-state index < -0.39 is 0 Å². The van der Waals surface area contributed by atoms with Crippen molar-refractivity contribution in [3.05, 3.63) is 103 Å². The van der Waals surface area contributed by atoms with Gasteiger partial charge in [0.15, 0.2) is 0 Å². The third-order valence-electron chi connectivity index (χ3n) is 2.29. The fourth-order valence-corrected chi connectivity index (χ4v) is 1.46. The summed E-state index contributed by atoms with van der Waals surface area (Å²) in [5.74, 6) is 0. The second-order valence-corrected chi connectivity index (χ2v) is 3.79. The summed E-state index contributed by atoms with van der Waals surface area (Å²) in [4.78, 5) is 0. The molecule has 0 heteroatoms. The average Bonchev–Trinajstić information content (AvgIpc) is 2.47. The maximum absolute atomic E-state index is 3.12. The summed E-state index contributed by atoms with van der Waals surface area (Å²) < 4.78 is 0. The molecule has 0 N–H and O–H groups in total. The van der Waals surface area contributed by atoms with Crippen molar-refractivity contribution in [1.82, 2.24) is 0 Å². The summed E-state index contributed by atoms with van der Waals surface area (Å²) in [6, 6.07) is 20.6. The monoisotopic (exact) mass is 246 g/mol. The Kier molecular flexibility index (Phi) is 7.23. The average molecular weight is 246 g/mol. The predicted octanol–water partition coefficient (Wildman–Crippen LogP) is 5.37. The van der Waals surface area contributed by atoms with Gasteiger partial charge in [-0.1, -0.05) is 98.1 Å². The van der Waals surface area contributed by atoms with Gasteiger partial charge in [0.1, 0.15) is 0 Å². The van der Waals surface area contributed by atoms with E-state index in [1.807, 2.05) is 36.4 Å². The van der Waals surface area contributed by atoms with Crippen molar-refractivity contribution in [3.63, 3.8) is 0 Å². The lowest BCUT2D eigenvalue weighted by Gasteiger charge is -1.90. The van der Waals surface area contributed by atoms with Gasteiger partial charge in [-0.3, -0.25) is 0 Å². The molecule has 0 aliphatic heterocycles. The third kappa shape index (κ3) is 6.68. The highest BCUT2D eigenvalue weighted by Gasteiger charge is 1.81. The highest BCUT2D eigenvalue weighted by atomic mass is 13.9. The molecule has 0 unspecified atom stereocenters. The number of allylic oxidation sites excluding steroid dienone is 2. The van der Waals surface area contributed by atoms with Crippen LogP contribution >= 0.6 is 0 Å². The molecular weight excluding hydrogens is 228 g/mol. The van der Waals surface area contributed by atoms with E-state index in [2.05, 4.69) is 67.5 Å². The number of benzene rings is 2. The predicted molar refractivity (Wildman–Crippen MR) is 85.7 cm³/mol. The van der Waals surface area contributed by atoms with E-state index >= 15 is 0 Å². The molecule has 0 aliphatic rings. The number of hydrogen-bond acceptors (Lipinski definition) is 0. The Morgan fingerprint density at radius 2 is 0.947 bits per heavy atom. The lowest BCUT2D eigenvalue weighted by atomic mass is 10.2. The standard InChI is InChI=1S/C16H14.C3H4/c1-3-9-15(10-4-1)13-7-8-14-16-11-5-2-6-12-16;1-3-2/h1-14H;1-2H2/b13-7+,14-8+;. The highest BCUT2D eigenvalue weighted by molar-refractivity contribution is 5.56. The topological polar surface area (TPSA) is 0 Å². The molecule has 2 aromatic rings. The van der Waals surface area contributed by atoms with Crippen molar-refractivity contribution in [1.29, 1.82) is 0 Å². The Hall–Kier alpha value is -2.56. The largest absolute Gasteiger partial charge is 0.137 e. The summed E-state index contributed by atoms with van der Waals surface area (Å²) in [5, 5.41) is 0. The molecule has 0 amide bonds. The van der Waals surface area contributed by atoms with Crippen LogP contribution in [-0.4, -0.2) is 0 Å². The van der Waals surface area contributed by atoms with Crippen LogP contribution in [0.1, 0.15) is 11.1 Å². The van der Waals surface area contributed by atoms with E-state index in [1.165, 1.54) is 11.1 Å². The SMILES string of the molecule is C(/C=C/c1ccccc1)=C\c1ccccc1.C=C=C. The molecular formula is C19H18. The molecule has 0 fully saturated rings. The molecule has 0 saturated heterocycles. The van der Waals surface area contributed by atoms with Crippen molar-refractivity contribution >= 4 is 12.2 Å². The van der Waals surface area contributed by atoms with Crippen molar-refractivity contribution in [2.24, 2.45) is 0 Å². The Labute approximate surface area is 115 Å². The van der Waals surface area contributed by atoms with Gasteiger partial charge in [-0.2, -0.15) is 0 Å². The quantitative estimate of drug-likeness (QED) is 0.504. The van der Waals surface area contributed by atoms with Gasteiger partial charge in [0.05, 0.1) is 0 Å². The molecule has 0 radical (unpaired) electrons. The zero-order valence-electron chi connectivity index (χ0n) is 11.0. The second-order valence-electron chi connectivity index (χ2n) is 3.79. The Morgan fingerprint density at radius 1 is 0.632 bits per heavy atom. The van der Waals surface area contributed by atoms with Crippen LogP contribution in [0.3, 0.4) is 0 Å². The van der Waals surface area contributed by atoms with E-state index in [4.69, 9.17) is 0 Å². The molecule has 0 saturated carbocycles. The van der Waals surface area contributed by atoms with Crippen LogP contribution in [0.15, 0.2) is 91.7 Å². The Morgan fingerprint density at radius 3 is 1.26 bits per heavy atom. The van der Waals surface area contributed by atoms with Gasteiger partial charge in [-0.15, -0.1) is 5.73 Å². The molecule has 0 nitrogen and oxygen atoms in total. The minimum atomic E-state index is 1.22. The fourth-order valence-electron chi connectivity index (χ4n) is 1.46. The van der Waals surface area contributed by atoms with Crippen LogP contribution < -0.4 is 0 Å². The van der Waals surface area contributed by atoms with Crippen LogP contribution in [0.25, 0.3) is 12.2 Å². The maximum Gasteiger partial charge on any atom is -0.0257 e. The molecule has 94 valence electrons. The lowest BCUT2D eigenvalue weighted by molar-refractivity contribution is 1.65. The van der Waals surface area contributed by atoms with Crippen molar-refractivity contribution in [3.8, 4) is 0 Å². The molecule has 0 aromatic heterocycles. The van der Waals surface area contributed by atoms with E-state index in [-0.39, 0.29) is 0 Å². The van der Waals surface area contributed by atoms with E-state index in [1.54, 1.807) is 0 Å². The van der Waals surface area contributed by atoms with Crippen molar-refractivity contribution < 1.29 is 0 Å². The molecule has 0 bridgehead atoms. The van der Waals surface area contributed by atoms with Crippen LogP contribution in [0.5, 0.6) is 0 Å². The van der Waals surface area contributed by atoms with E-state index in [0.29, 0.717) is 0 Å². The van der Waals surface area contributed by atoms with Crippen LogP contribution in [-0.2, 0) is 0 Å². The Balaban J connectivity index is 0.000000550. The zero-order chi connectivity index (χ0) is 13.8. The van der Waals surface area contributed by atoms with Crippen molar-refractivity contribution in [2.75, 3.05) is 0 Å². The van der Waals surface area contributed by atoms with Gasteiger partial charge >= 0.3 is 0 Å². The first-order chi connectivity index (χ1) is 9.36. The van der Waals surface area contributed by atoms with E-state index in [9.17, 15) is 0 Å². The molecule has 0 spiro atoms. The maximum atomic E-state index is 3.12. The summed E-state index contributed by atoms with van der Waals surface area (Å²) in [5.41, 5.74) is 4.69. The molecule has 0 heterocycles. The molecule has 19 heavy (non-hydrogen) atoms. The van der Waals surface area contributed by atoms with Gasteiger partial charge < -0.3 is 0 Å². The molecule has 2 aromatic carbocycles. The van der Waals surface area contributed by atoms with E-state index in [0.717, 1.165) is 0 Å². The van der Waals surface area contributed by atoms with Gasteiger partial charge in [-0.05, 0) is 11.1 Å². The van der Waals surface area contributed by atoms with Gasteiger partial charge in [0, 0.05) is 0 Å². The first kappa shape index (κ1) is 14.5. The summed E-state index contributed by atoms with van der Waals surface area (Å²) in [6.07, 6.45) is 8.31. The fraction of sp³-hybridized carbons (Fsp3) is 0. The van der Waals surface area contributed by atoms with Crippen LogP contribution in [0, 0.1) is 0 Å². The minimum Gasteiger partial charge on any atom is -0.137 e.